The summed E-state index contributed by atoms with van der Waals surface area (Å²) < 4.78 is 0. The van der Waals surface area contributed by atoms with Gasteiger partial charge in [0.25, 0.3) is 11.8 Å². The summed E-state index contributed by atoms with van der Waals surface area (Å²) in [5.74, 6) is -0.658. The van der Waals surface area contributed by atoms with Crippen LogP contribution >= 0.6 is 11.8 Å². The van der Waals surface area contributed by atoms with E-state index in [-0.39, 0.29) is 23.3 Å². The highest BCUT2D eigenvalue weighted by molar-refractivity contribution is 8.00. The van der Waals surface area contributed by atoms with Gasteiger partial charge in [0.15, 0.2) is 0 Å². The van der Waals surface area contributed by atoms with E-state index in [1.807, 2.05) is 80.6 Å². The van der Waals surface area contributed by atoms with E-state index in [0.29, 0.717) is 11.3 Å². The van der Waals surface area contributed by atoms with E-state index >= 15 is 0 Å². The van der Waals surface area contributed by atoms with Crippen LogP contribution in [-0.4, -0.2) is 23.5 Å². The predicted octanol–water partition coefficient (Wildman–Crippen LogP) is 6.44. The molecule has 0 unspecified atom stereocenters. The first-order chi connectivity index (χ1) is 18.9. The van der Waals surface area contributed by atoms with Crippen LogP contribution in [0.15, 0.2) is 114 Å². The molecule has 7 heteroatoms. The average molecular weight is 536 g/mol. The van der Waals surface area contributed by atoms with Gasteiger partial charge in [-0.1, -0.05) is 54.6 Å². The van der Waals surface area contributed by atoms with Crippen LogP contribution in [0, 0.1) is 13.8 Å². The SMILES string of the molecule is Cc1ccc(NC(=O)CSc2ccc(NC(=O)/C(=C/c3ccccc3)NC(=O)c3ccccc3)cc2)cc1C. The summed E-state index contributed by atoms with van der Waals surface area (Å²) in [7, 11) is 0. The molecule has 0 spiro atoms. The van der Waals surface area contributed by atoms with Crippen LogP contribution in [0.5, 0.6) is 0 Å². The van der Waals surface area contributed by atoms with E-state index in [0.717, 1.165) is 21.7 Å². The molecular formula is C32H29N3O3S. The van der Waals surface area contributed by atoms with Gasteiger partial charge < -0.3 is 16.0 Å². The van der Waals surface area contributed by atoms with Crippen LogP contribution in [0.25, 0.3) is 6.08 Å². The van der Waals surface area contributed by atoms with Gasteiger partial charge in [0.05, 0.1) is 5.75 Å². The smallest absolute Gasteiger partial charge is 0.272 e. The lowest BCUT2D eigenvalue weighted by Crippen LogP contribution is -2.30. The summed E-state index contributed by atoms with van der Waals surface area (Å²) in [4.78, 5) is 39.2. The van der Waals surface area contributed by atoms with Crippen LogP contribution in [0.1, 0.15) is 27.0 Å². The maximum Gasteiger partial charge on any atom is 0.272 e. The lowest BCUT2D eigenvalue weighted by Gasteiger charge is -2.12. The molecule has 0 saturated carbocycles. The Hall–Kier alpha value is -4.62. The molecule has 3 amide bonds. The third kappa shape index (κ3) is 8.18. The minimum absolute atomic E-state index is 0.0921. The van der Waals surface area contributed by atoms with Gasteiger partial charge in [0, 0.05) is 21.8 Å². The van der Waals surface area contributed by atoms with E-state index in [4.69, 9.17) is 0 Å². The van der Waals surface area contributed by atoms with Gasteiger partial charge in [-0.25, -0.2) is 0 Å². The molecule has 39 heavy (non-hydrogen) atoms. The zero-order valence-corrected chi connectivity index (χ0v) is 22.5. The molecule has 196 valence electrons. The zero-order chi connectivity index (χ0) is 27.6. The molecule has 0 radical (unpaired) electrons. The third-order valence-electron chi connectivity index (χ3n) is 5.91. The highest BCUT2D eigenvalue weighted by Gasteiger charge is 2.15. The Morgan fingerprint density at radius 3 is 2.03 bits per heavy atom. The van der Waals surface area contributed by atoms with Crippen LogP contribution in [0.3, 0.4) is 0 Å². The molecule has 4 aromatic rings. The first-order valence-corrected chi connectivity index (χ1v) is 13.4. The second-order valence-electron chi connectivity index (χ2n) is 8.90. The number of amides is 3. The molecule has 0 aliphatic rings. The first-order valence-electron chi connectivity index (χ1n) is 12.4. The van der Waals surface area contributed by atoms with Gasteiger partial charge in [-0.2, -0.15) is 0 Å². The summed E-state index contributed by atoms with van der Waals surface area (Å²) in [5.41, 5.74) is 5.00. The van der Waals surface area contributed by atoms with E-state index in [1.54, 1.807) is 42.5 Å². The van der Waals surface area contributed by atoms with Crippen molar-refractivity contribution in [3.63, 3.8) is 0 Å². The molecule has 0 bridgehead atoms. The molecule has 0 saturated heterocycles. The standard InChI is InChI=1S/C32H29N3O3S/c1-22-13-14-27(19-23(22)2)33-30(36)21-39-28-17-15-26(16-18-28)34-32(38)29(20-24-9-5-3-6-10-24)35-31(37)25-11-7-4-8-12-25/h3-20H,21H2,1-2H3,(H,33,36)(H,34,38)(H,35,37)/b29-20-. The van der Waals surface area contributed by atoms with Crippen molar-refractivity contribution in [3.05, 3.63) is 131 Å². The van der Waals surface area contributed by atoms with Gasteiger partial charge in [-0.05, 0) is 85.1 Å². The number of rotatable bonds is 9. The molecule has 0 aliphatic carbocycles. The normalized spacial score (nSPS) is 11.0. The number of anilines is 2. The Morgan fingerprint density at radius 2 is 1.36 bits per heavy atom. The van der Waals surface area contributed by atoms with E-state index in [2.05, 4.69) is 16.0 Å². The van der Waals surface area contributed by atoms with Crippen molar-refractivity contribution < 1.29 is 14.4 Å². The average Bonchev–Trinajstić information content (AvgIpc) is 2.95. The highest BCUT2D eigenvalue weighted by Crippen LogP contribution is 2.22. The minimum Gasteiger partial charge on any atom is -0.325 e. The molecule has 0 aromatic heterocycles. The van der Waals surface area contributed by atoms with Gasteiger partial charge in [-0.3, -0.25) is 14.4 Å². The van der Waals surface area contributed by atoms with Crippen molar-refractivity contribution in [2.24, 2.45) is 0 Å². The van der Waals surface area contributed by atoms with Crippen LogP contribution < -0.4 is 16.0 Å². The molecule has 4 rings (SSSR count). The summed E-state index contributed by atoms with van der Waals surface area (Å²) in [6, 6.07) is 31.1. The fourth-order valence-corrected chi connectivity index (χ4v) is 4.35. The number of benzene rings is 4. The Labute approximate surface area is 232 Å². The largest absolute Gasteiger partial charge is 0.325 e. The van der Waals surface area contributed by atoms with Crippen molar-refractivity contribution >= 4 is 46.9 Å². The van der Waals surface area contributed by atoms with Gasteiger partial charge in [0.2, 0.25) is 5.91 Å². The molecule has 4 aromatic carbocycles. The Bertz CT molecular complexity index is 1480. The maximum absolute atomic E-state index is 13.2. The number of hydrogen-bond donors (Lipinski definition) is 3. The second-order valence-corrected chi connectivity index (χ2v) is 9.95. The second kappa shape index (κ2) is 13.3. The monoisotopic (exact) mass is 535 g/mol. The van der Waals surface area contributed by atoms with E-state index in [9.17, 15) is 14.4 Å². The van der Waals surface area contributed by atoms with E-state index in [1.165, 1.54) is 17.3 Å². The van der Waals surface area contributed by atoms with Crippen LogP contribution in [-0.2, 0) is 9.59 Å². The molecule has 0 atom stereocenters. The van der Waals surface area contributed by atoms with Crippen molar-refractivity contribution in [3.8, 4) is 0 Å². The Kier molecular flexibility index (Phi) is 9.32. The Balaban J connectivity index is 1.38. The highest BCUT2D eigenvalue weighted by atomic mass is 32.2. The zero-order valence-electron chi connectivity index (χ0n) is 21.7. The number of aryl methyl sites for hydroxylation is 2. The van der Waals surface area contributed by atoms with Gasteiger partial charge in [0.1, 0.15) is 5.70 Å². The quantitative estimate of drug-likeness (QED) is 0.170. The molecule has 0 heterocycles. The fourth-order valence-electron chi connectivity index (χ4n) is 3.66. The molecular weight excluding hydrogens is 506 g/mol. The fraction of sp³-hybridized carbons (Fsp3) is 0.0938. The van der Waals surface area contributed by atoms with Gasteiger partial charge >= 0.3 is 0 Å². The lowest BCUT2D eigenvalue weighted by molar-refractivity contribution is -0.114. The van der Waals surface area contributed by atoms with Crippen molar-refractivity contribution in [1.82, 2.24) is 5.32 Å². The topological polar surface area (TPSA) is 87.3 Å². The van der Waals surface area contributed by atoms with Crippen molar-refractivity contribution in [2.45, 2.75) is 18.7 Å². The first kappa shape index (κ1) is 27.4. The maximum atomic E-state index is 13.2. The summed E-state index contributed by atoms with van der Waals surface area (Å²) in [6.07, 6.45) is 1.63. The van der Waals surface area contributed by atoms with Crippen LogP contribution in [0.4, 0.5) is 11.4 Å². The predicted molar refractivity (Wildman–Crippen MR) is 159 cm³/mol. The molecule has 6 nitrogen and oxygen atoms in total. The summed E-state index contributed by atoms with van der Waals surface area (Å²) in [5, 5.41) is 8.50. The number of nitrogens with one attached hydrogen (secondary N) is 3. The number of thioether (sulfide) groups is 1. The van der Waals surface area contributed by atoms with E-state index < -0.39 is 5.91 Å². The van der Waals surface area contributed by atoms with Crippen molar-refractivity contribution in [2.75, 3.05) is 16.4 Å². The molecule has 3 N–H and O–H groups in total. The number of hydrogen-bond acceptors (Lipinski definition) is 4. The Morgan fingerprint density at radius 1 is 0.718 bits per heavy atom. The lowest BCUT2D eigenvalue weighted by atomic mass is 10.1. The number of carbonyl (C=O) groups is 3. The molecule has 0 fully saturated rings. The third-order valence-corrected chi connectivity index (χ3v) is 6.92. The number of carbonyl (C=O) groups excluding carboxylic acids is 3. The minimum atomic E-state index is -0.448. The van der Waals surface area contributed by atoms with Crippen LogP contribution in [0.2, 0.25) is 0 Å². The summed E-state index contributed by atoms with van der Waals surface area (Å²) in [6.45, 7) is 4.04. The van der Waals surface area contributed by atoms with Crippen molar-refractivity contribution in [1.29, 1.82) is 0 Å². The molecule has 0 aliphatic heterocycles. The summed E-state index contributed by atoms with van der Waals surface area (Å²) >= 11 is 1.40. The van der Waals surface area contributed by atoms with Gasteiger partial charge in [-0.15, -0.1) is 11.8 Å².